The van der Waals surface area contributed by atoms with Gasteiger partial charge in [-0.3, -0.25) is 4.79 Å². The Hall–Kier alpha value is -1.69. The number of rotatable bonds is 3. The van der Waals surface area contributed by atoms with Crippen LogP contribution in [0.4, 0.5) is 11.6 Å². The molecule has 1 atom stereocenters. The number of ether oxygens (including phenoxy) is 1. The van der Waals surface area contributed by atoms with Gasteiger partial charge in [0.2, 0.25) is 11.9 Å². The Balaban J connectivity index is 1.59. The third-order valence-electron chi connectivity index (χ3n) is 3.85. The highest BCUT2D eigenvalue weighted by Gasteiger charge is 2.23. The molecule has 1 N–H and O–H groups in total. The lowest BCUT2D eigenvalue weighted by Crippen LogP contribution is -2.31. The third kappa shape index (κ3) is 3.07. The summed E-state index contributed by atoms with van der Waals surface area (Å²) in [6.45, 7) is 3.22. The van der Waals surface area contributed by atoms with E-state index in [9.17, 15) is 4.79 Å². The molecule has 1 aromatic rings. The molecule has 0 radical (unpaired) electrons. The second-order valence-electron chi connectivity index (χ2n) is 5.37. The zero-order valence-corrected chi connectivity index (χ0v) is 11.5. The second kappa shape index (κ2) is 6.17. The molecule has 6 nitrogen and oxygen atoms in total. The van der Waals surface area contributed by atoms with E-state index in [1.54, 1.807) is 12.4 Å². The van der Waals surface area contributed by atoms with Crippen LogP contribution in [-0.4, -0.2) is 42.2 Å². The first-order valence-electron chi connectivity index (χ1n) is 7.28. The van der Waals surface area contributed by atoms with E-state index >= 15 is 0 Å². The lowest BCUT2D eigenvalue weighted by atomic mass is 10.1. The van der Waals surface area contributed by atoms with Crippen LogP contribution in [-0.2, 0) is 9.53 Å². The Labute approximate surface area is 118 Å². The van der Waals surface area contributed by atoms with Crippen molar-refractivity contribution in [3.8, 4) is 0 Å². The van der Waals surface area contributed by atoms with Gasteiger partial charge in [-0.1, -0.05) is 0 Å². The van der Waals surface area contributed by atoms with Gasteiger partial charge >= 0.3 is 0 Å². The minimum Gasteiger partial charge on any atom is -0.381 e. The molecule has 20 heavy (non-hydrogen) atoms. The first-order valence-corrected chi connectivity index (χ1v) is 7.28. The summed E-state index contributed by atoms with van der Waals surface area (Å²) in [7, 11) is 0. The SMILES string of the molecule is O=C(Nc1cnc(N2CCCCC2)nc1)C1CCOC1. The molecule has 0 spiro atoms. The quantitative estimate of drug-likeness (QED) is 0.905. The van der Waals surface area contributed by atoms with Crippen LogP contribution < -0.4 is 10.2 Å². The van der Waals surface area contributed by atoms with E-state index in [0.29, 0.717) is 18.9 Å². The summed E-state index contributed by atoms with van der Waals surface area (Å²) < 4.78 is 5.22. The highest BCUT2D eigenvalue weighted by atomic mass is 16.5. The fourth-order valence-corrected chi connectivity index (χ4v) is 2.63. The van der Waals surface area contributed by atoms with Crippen molar-refractivity contribution in [1.82, 2.24) is 9.97 Å². The van der Waals surface area contributed by atoms with E-state index < -0.39 is 0 Å². The first-order chi connectivity index (χ1) is 9.83. The molecule has 3 rings (SSSR count). The Morgan fingerprint density at radius 2 is 2.00 bits per heavy atom. The summed E-state index contributed by atoms with van der Waals surface area (Å²) >= 11 is 0. The van der Waals surface area contributed by atoms with Gasteiger partial charge in [0.15, 0.2) is 0 Å². The summed E-state index contributed by atoms with van der Waals surface area (Å²) in [4.78, 5) is 22.8. The number of aromatic nitrogens is 2. The zero-order chi connectivity index (χ0) is 13.8. The van der Waals surface area contributed by atoms with Crippen LogP contribution in [0.2, 0.25) is 0 Å². The zero-order valence-electron chi connectivity index (χ0n) is 11.5. The number of amides is 1. The molecule has 0 saturated carbocycles. The van der Waals surface area contributed by atoms with Crippen molar-refractivity contribution in [2.75, 3.05) is 36.5 Å². The number of nitrogens with zero attached hydrogens (tertiary/aromatic N) is 3. The highest BCUT2D eigenvalue weighted by Crippen LogP contribution is 2.18. The van der Waals surface area contributed by atoms with Crippen LogP contribution in [0, 0.1) is 5.92 Å². The molecule has 2 fully saturated rings. The predicted octanol–water partition coefficient (Wildman–Crippen LogP) is 1.44. The van der Waals surface area contributed by atoms with Crippen molar-refractivity contribution in [2.45, 2.75) is 25.7 Å². The molecule has 0 bridgehead atoms. The Bertz CT molecular complexity index is 451. The molecule has 2 aliphatic rings. The predicted molar refractivity (Wildman–Crippen MR) is 75.7 cm³/mol. The van der Waals surface area contributed by atoms with Crippen LogP contribution in [0.15, 0.2) is 12.4 Å². The summed E-state index contributed by atoms with van der Waals surface area (Å²) in [5, 5.41) is 2.85. The second-order valence-corrected chi connectivity index (χ2v) is 5.37. The fraction of sp³-hybridized carbons (Fsp3) is 0.643. The van der Waals surface area contributed by atoms with E-state index in [1.807, 2.05) is 0 Å². The Morgan fingerprint density at radius 1 is 1.25 bits per heavy atom. The van der Waals surface area contributed by atoms with Gasteiger partial charge in [0.25, 0.3) is 0 Å². The molecule has 0 aromatic carbocycles. The van der Waals surface area contributed by atoms with E-state index in [1.165, 1.54) is 19.3 Å². The standard InChI is InChI=1S/C14H20N4O2/c19-13(11-4-7-20-10-11)17-12-8-15-14(16-9-12)18-5-2-1-3-6-18/h8-9,11H,1-7,10H2,(H,17,19). The Kier molecular flexibility index (Phi) is 4.11. The van der Waals surface area contributed by atoms with E-state index in [-0.39, 0.29) is 11.8 Å². The number of anilines is 2. The highest BCUT2D eigenvalue weighted by molar-refractivity contribution is 5.92. The van der Waals surface area contributed by atoms with Gasteiger partial charge in [0, 0.05) is 19.7 Å². The number of carbonyl (C=O) groups excluding carboxylic acids is 1. The minimum atomic E-state index is -0.0447. The van der Waals surface area contributed by atoms with Crippen LogP contribution in [0.3, 0.4) is 0 Å². The number of hydrogen-bond acceptors (Lipinski definition) is 5. The topological polar surface area (TPSA) is 67.4 Å². The van der Waals surface area contributed by atoms with Crippen molar-refractivity contribution in [2.24, 2.45) is 5.92 Å². The van der Waals surface area contributed by atoms with Crippen molar-refractivity contribution in [3.63, 3.8) is 0 Å². The maximum absolute atomic E-state index is 11.9. The van der Waals surface area contributed by atoms with Crippen LogP contribution in [0.1, 0.15) is 25.7 Å². The van der Waals surface area contributed by atoms with Gasteiger partial charge in [-0.05, 0) is 25.7 Å². The van der Waals surface area contributed by atoms with E-state index in [2.05, 4.69) is 20.2 Å². The largest absolute Gasteiger partial charge is 0.381 e. The average Bonchev–Trinajstić information content (AvgIpc) is 3.03. The molecule has 3 heterocycles. The number of carbonyl (C=O) groups is 1. The van der Waals surface area contributed by atoms with Gasteiger partial charge in [-0.2, -0.15) is 0 Å². The lowest BCUT2D eigenvalue weighted by molar-refractivity contribution is -0.119. The molecule has 2 aliphatic heterocycles. The lowest BCUT2D eigenvalue weighted by Gasteiger charge is -2.26. The van der Waals surface area contributed by atoms with Crippen LogP contribution >= 0.6 is 0 Å². The normalized spacial score (nSPS) is 22.8. The maximum Gasteiger partial charge on any atom is 0.229 e. The van der Waals surface area contributed by atoms with Gasteiger partial charge < -0.3 is 15.0 Å². The first kappa shape index (κ1) is 13.3. The van der Waals surface area contributed by atoms with E-state index in [0.717, 1.165) is 25.5 Å². The van der Waals surface area contributed by atoms with Crippen LogP contribution in [0.5, 0.6) is 0 Å². The van der Waals surface area contributed by atoms with Gasteiger partial charge in [0.1, 0.15) is 0 Å². The molecule has 1 amide bonds. The summed E-state index contributed by atoms with van der Waals surface area (Å²) in [5.74, 6) is 0.709. The van der Waals surface area contributed by atoms with Gasteiger partial charge in [-0.25, -0.2) is 9.97 Å². The number of hydrogen-bond donors (Lipinski definition) is 1. The molecule has 1 unspecified atom stereocenters. The smallest absolute Gasteiger partial charge is 0.229 e. The van der Waals surface area contributed by atoms with Crippen molar-refractivity contribution >= 4 is 17.5 Å². The van der Waals surface area contributed by atoms with E-state index in [4.69, 9.17) is 4.74 Å². The monoisotopic (exact) mass is 276 g/mol. The number of nitrogens with one attached hydrogen (secondary N) is 1. The molecular formula is C14H20N4O2. The molecule has 6 heteroatoms. The van der Waals surface area contributed by atoms with Crippen molar-refractivity contribution < 1.29 is 9.53 Å². The summed E-state index contributed by atoms with van der Waals surface area (Å²) in [6.07, 6.45) is 7.84. The summed E-state index contributed by atoms with van der Waals surface area (Å²) in [6, 6.07) is 0. The molecule has 0 aliphatic carbocycles. The molecule has 2 saturated heterocycles. The molecule has 108 valence electrons. The molecule has 1 aromatic heterocycles. The van der Waals surface area contributed by atoms with Gasteiger partial charge in [-0.15, -0.1) is 0 Å². The fourth-order valence-electron chi connectivity index (χ4n) is 2.63. The van der Waals surface area contributed by atoms with Crippen LogP contribution in [0.25, 0.3) is 0 Å². The minimum absolute atomic E-state index is 0.00294. The third-order valence-corrected chi connectivity index (χ3v) is 3.85. The van der Waals surface area contributed by atoms with Crippen molar-refractivity contribution in [3.05, 3.63) is 12.4 Å². The Morgan fingerprint density at radius 3 is 2.65 bits per heavy atom. The van der Waals surface area contributed by atoms with Crippen molar-refractivity contribution in [1.29, 1.82) is 0 Å². The summed E-state index contributed by atoms with van der Waals surface area (Å²) in [5.41, 5.74) is 0.655. The molecular weight excluding hydrogens is 256 g/mol. The average molecular weight is 276 g/mol. The number of piperidine rings is 1. The van der Waals surface area contributed by atoms with Gasteiger partial charge in [0.05, 0.1) is 30.6 Å². The maximum atomic E-state index is 11.9.